The molecule has 1 rings (SSSR count). The SMILES string of the molecule is CSCCC(=O)N(CCN)CCc1ccccc1. The number of nitrogens with two attached hydrogens (primary N) is 1. The van der Waals surface area contributed by atoms with Crippen molar-refractivity contribution in [2.45, 2.75) is 12.8 Å². The number of hydrogen-bond donors (Lipinski definition) is 1. The van der Waals surface area contributed by atoms with E-state index in [0.29, 0.717) is 19.5 Å². The van der Waals surface area contributed by atoms with E-state index in [1.807, 2.05) is 29.4 Å². The summed E-state index contributed by atoms with van der Waals surface area (Å²) in [5.41, 5.74) is 6.83. The van der Waals surface area contributed by atoms with Gasteiger partial charge in [-0.1, -0.05) is 30.3 Å². The molecule has 1 amide bonds. The highest BCUT2D eigenvalue weighted by Crippen LogP contribution is 2.04. The Hall–Kier alpha value is -1.00. The Morgan fingerprint density at radius 2 is 2.00 bits per heavy atom. The molecule has 0 aliphatic rings. The monoisotopic (exact) mass is 266 g/mol. The molecule has 0 saturated heterocycles. The van der Waals surface area contributed by atoms with Crippen LogP contribution >= 0.6 is 11.8 Å². The van der Waals surface area contributed by atoms with Gasteiger partial charge in [-0.05, 0) is 18.2 Å². The first kappa shape index (κ1) is 15.1. The predicted octanol–water partition coefficient (Wildman–Crippen LogP) is 1.77. The quantitative estimate of drug-likeness (QED) is 0.780. The highest BCUT2D eigenvalue weighted by Gasteiger charge is 2.11. The number of amides is 1. The van der Waals surface area contributed by atoms with E-state index in [9.17, 15) is 4.79 Å². The summed E-state index contributed by atoms with van der Waals surface area (Å²) in [7, 11) is 0. The number of thioether (sulfide) groups is 1. The summed E-state index contributed by atoms with van der Waals surface area (Å²) in [6.45, 7) is 1.94. The maximum atomic E-state index is 12.0. The van der Waals surface area contributed by atoms with Crippen LogP contribution in [-0.2, 0) is 11.2 Å². The third-order valence-electron chi connectivity index (χ3n) is 2.78. The van der Waals surface area contributed by atoms with E-state index < -0.39 is 0 Å². The van der Waals surface area contributed by atoms with Gasteiger partial charge in [-0.25, -0.2) is 0 Å². The van der Waals surface area contributed by atoms with Crippen molar-refractivity contribution >= 4 is 17.7 Å². The molecule has 3 nitrogen and oxygen atoms in total. The molecule has 0 bridgehead atoms. The molecule has 0 fully saturated rings. The van der Waals surface area contributed by atoms with E-state index in [0.717, 1.165) is 18.7 Å². The molecule has 2 N–H and O–H groups in total. The van der Waals surface area contributed by atoms with Crippen molar-refractivity contribution in [2.24, 2.45) is 5.73 Å². The van der Waals surface area contributed by atoms with Gasteiger partial charge >= 0.3 is 0 Å². The Balaban J connectivity index is 2.44. The van der Waals surface area contributed by atoms with Crippen LogP contribution in [0.25, 0.3) is 0 Å². The summed E-state index contributed by atoms with van der Waals surface area (Å²) in [5, 5.41) is 0. The average Bonchev–Trinajstić information content (AvgIpc) is 2.42. The normalized spacial score (nSPS) is 10.3. The summed E-state index contributed by atoms with van der Waals surface area (Å²) in [5.74, 6) is 1.09. The summed E-state index contributed by atoms with van der Waals surface area (Å²) in [4.78, 5) is 13.8. The Labute approximate surface area is 114 Å². The average molecular weight is 266 g/mol. The zero-order valence-electron chi connectivity index (χ0n) is 11.0. The molecule has 0 radical (unpaired) electrons. The number of hydrogen-bond acceptors (Lipinski definition) is 3. The number of carbonyl (C=O) groups is 1. The van der Waals surface area contributed by atoms with Crippen LogP contribution in [0.5, 0.6) is 0 Å². The third-order valence-corrected chi connectivity index (χ3v) is 3.40. The molecule has 0 aromatic heterocycles. The van der Waals surface area contributed by atoms with Crippen LogP contribution < -0.4 is 5.73 Å². The smallest absolute Gasteiger partial charge is 0.223 e. The van der Waals surface area contributed by atoms with E-state index >= 15 is 0 Å². The fourth-order valence-electron chi connectivity index (χ4n) is 1.77. The Morgan fingerprint density at radius 3 is 2.61 bits per heavy atom. The van der Waals surface area contributed by atoms with E-state index in [2.05, 4.69) is 12.1 Å². The minimum Gasteiger partial charge on any atom is -0.341 e. The molecule has 18 heavy (non-hydrogen) atoms. The molecular weight excluding hydrogens is 244 g/mol. The first-order chi connectivity index (χ1) is 8.77. The van der Waals surface area contributed by atoms with Crippen molar-refractivity contribution in [1.29, 1.82) is 0 Å². The topological polar surface area (TPSA) is 46.3 Å². The summed E-state index contributed by atoms with van der Waals surface area (Å²) in [6, 6.07) is 10.2. The highest BCUT2D eigenvalue weighted by atomic mass is 32.2. The molecule has 0 atom stereocenters. The van der Waals surface area contributed by atoms with Crippen LogP contribution in [-0.4, -0.2) is 42.4 Å². The minimum absolute atomic E-state index is 0.214. The van der Waals surface area contributed by atoms with Gasteiger partial charge in [-0.3, -0.25) is 4.79 Å². The van der Waals surface area contributed by atoms with Crippen LogP contribution in [0.4, 0.5) is 0 Å². The Morgan fingerprint density at radius 1 is 1.28 bits per heavy atom. The van der Waals surface area contributed by atoms with Gasteiger partial charge in [0.25, 0.3) is 0 Å². The second-order valence-corrected chi connectivity index (χ2v) is 5.13. The molecule has 4 heteroatoms. The number of carbonyl (C=O) groups excluding carboxylic acids is 1. The van der Waals surface area contributed by atoms with Crippen molar-refractivity contribution in [3.63, 3.8) is 0 Å². The second kappa shape index (κ2) is 9.00. The third kappa shape index (κ3) is 5.56. The van der Waals surface area contributed by atoms with Crippen LogP contribution in [0.2, 0.25) is 0 Å². The molecule has 0 unspecified atom stereocenters. The molecule has 0 aliphatic carbocycles. The number of benzene rings is 1. The lowest BCUT2D eigenvalue weighted by molar-refractivity contribution is -0.130. The molecule has 1 aromatic rings. The van der Waals surface area contributed by atoms with Crippen LogP contribution in [0, 0.1) is 0 Å². The summed E-state index contributed by atoms with van der Waals surface area (Å²) >= 11 is 1.70. The van der Waals surface area contributed by atoms with Gasteiger partial charge in [0.15, 0.2) is 0 Å². The first-order valence-corrected chi connectivity index (χ1v) is 7.68. The van der Waals surface area contributed by atoms with Crippen molar-refractivity contribution < 1.29 is 4.79 Å². The largest absolute Gasteiger partial charge is 0.341 e. The fraction of sp³-hybridized carbons (Fsp3) is 0.500. The lowest BCUT2D eigenvalue weighted by Gasteiger charge is -2.22. The maximum absolute atomic E-state index is 12.0. The molecule has 0 spiro atoms. The van der Waals surface area contributed by atoms with Gasteiger partial charge in [0, 0.05) is 31.8 Å². The lowest BCUT2D eigenvalue weighted by atomic mass is 10.1. The Bertz CT molecular complexity index is 343. The van der Waals surface area contributed by atoms with Gasteiger partial charge in [-0.15, -0.1) is 0 Å². The van der Waals surface area contributed by atoms with E-state index in [1.165, 1.54) is 5.56 Å². The number of rotatable bonds is 8. The van der Waals surface area contributed by atoms with E-state index in [1.54, 1.807) is 11.8 Å². The van der Waals surface area contributed by atoms with Gasteiger partial charge in [-0.2, -0.15) is 11.8 Å². The summed E-state index contributed by atoms with van der Waals surface area (Å²) in [6.07, 6.45) is 3.52. The number of nitrogens with zero attached hydrogens (tertiary/aromatic N) is 1. The summed E-state index contributed by atoms with van der Waals surface area (Å²) < 4.78 is 0. The fourth-order valence-corrected chi connectivity index (χ4v) is 2.15. The zero-order valence-corrected chi connectivity index (χ0v) is 11.8. The molecule has 100 valence electrons. The molecule has 1 aromatic carbocycles. The maximum Gasteiger partial charge on any atom is 0.223 e. The Kier molecular flexibility index (Phi) is 7.53. The van der Waals surface area contributed by atoms with E-state index in [-0.39, 0.29) is 5.91 Å². The van der Waals surface area contributed by atoms with Crippen molar-refractivity contribution in [3.8, 4) is 0 Å². The predicted molar refractivity (Wildman–Crippen MR) is 78.8 cm³/mol. The minimum atomic E-state index is 0.214. The lowest BCUT2D eigenvalue weighted by Crippen LogP contribution is -2.37. The van der Waals surface area contributed by atoms with Gasteiger partial charge in [0.05, 0.1) is 0 Å². The van der Waals surface area contributed by atoms with Crippen LogP contribution in [0.1, 0.15) is 12.0 Å². The second-order valence-electron chi connectivity index (χ2n) is 4.15. The first-order valence-electron chi connectivity index (χ1n) is 6.28. The molecular formula is C14H22N2OS. The molecule has 0 saturated carbocycles. The van der Waals surface area contributed by atoms with Crippen molar-refractivity contribution in [1.82, 2.24) is 4.90 Å². The van der Waals surface area contributed by atoms with Crippen molar-refractivity contribution in [3.05, 3.63) is 35.9 Å². The van der Waals surface area contributed by atoms with Crippen LogP contribution in [0.15, 0.2) is 30.3 Å². The van der Waals surface area contributed by atoms with Gasteiger partial charge < -0.3 is 10.6 Å². The van der Waals surface area contributed by atoms with Crippen molar-refractivity contribution in [2.75, 3.05) is 31.6 Å². The van der Waals surface area contributed by atoms with Gasteiger partial charge in [0.2, 0.25) is 5.91 Å². The standard InChI is InChI=1S/C14H22N2OS/c1-18-12-8-14(17)16(11-9-15)10-7-13-5-3-2-4-6-13/h2-6H,7-12,15H2,1H3. The van der Waals surface area contributed by atoms with Gasteiger partial charge in [0.1, 0.15) is 0 Å². The zero-order chi connectivity index (χ0) is 13.2. The molecule has 0 aliphatic heterocycles. The van der Waals surface area contributed by atoms with Crippen LogP contribution in [0.3, 0.4) is 0 Å². The highest BCUT2D eigenvalue weighted by molar-refractivity contribution is 7.98. The molecule has 0 heterocycles. The van der Waals surface area contributed by atoms with E-state index in [4.69, 9.17) is 5.73 Å².